The van der Waals surface area contributed by atoms with Crippen LogP contribution in [0, 0.1) is 0 Å². The molecule has 0 aromatic heterocycles. The third-order valence-electron chi connectivity index (χ3n) is 9.59. The summed E-state index contributed by atoms with van der Waals surface area (Å²) < 4.78 is 0. The van der Waals surface area contributed by atoms with Crippen LogP contribution in [0.3, 0.4) is 0 Å². The smallest absolute Gasteiger partial charge is 0.249 e. The summed E-state index contributed by atoms with van der Waals surface area (Å²) in [5, 5.41) is 33.0. The number of allylic oxidation sites excluding steroid dienone is 9. The first-order chi connectivity index (χ1) is 25.1. The van der Waals surface area contributed by atoms with Gasteiger partial charge in [0, 0.05) is 0 Å². The normalized spacial score (nSPS) is 14.2. The minimum Gasteiger partial charge on any atom is -0.394 e. The van der Waals surface area contributed by atoms with E-state index in [0.29, 0.717) is 6.42 Å². The van der Waals surface area contributed by atoms with Crippen LogP contribution in [0.2, 0.25) is 0 Å². The molecule has 5 nitrogen and oxygen atoms in total. The first kappa shape index (κ1) is 49.0. The molecule has 0 aromatic rings. The Bertz CT molecular complexity index is 876. The van der Waals surface area contributed by atoms with Gasteiger partial charge in [0.2, 0.25) is 5.91 Å². The van der Waals surface area contributed by atoms with E-state index >= 15 is 0 Å². The summed E-state index contributed by atoms with van der Waals surface area (Å²) in [6, 6.07) is -0.829. The van der Waals surface area contributed by atoms with Gasteiger partial charge in [-0.15, -0.1) is 0 Å². The van der Waals surface area contributed by atoms with Crippen molar-refractivity contribution in [3.63, 3.8) is 0 Å². The minimum absolute atomic E-state index is 0.389. The first-order valence-electron chi connectivity index (χ1n) is 21.6. The molecule has 0 rings (SSSR count). The lowest BCUT2D eigenvalue weighted by Gasteiger charge is -2.21. The lowest BCUT2D eigenvalue weighted by atomic mass is 10.0. The maximum atomic E-state index is 12.4. The summed E-state index contributed by atoms with van der Waals surface area (Å²) in [6.07, 6.45) is 53.9. The van der Waals surface area contributed by atoms with E-state index in [1.165, 1.54) is 109 Å². The molecule has 0 aliphatic carbocycles. The standard InChI is InChI=1S/C46H83NO4/c1-3-5-7-9-11-13-15-17-19-20-21-22-23-24-25-26-27-29-30-32-34-36-38-40-44(49)43(42-48)47-46(51)45(50)41-39-37-35-33-31-28-18-16-14-12-10-8-6-4-2/h12,14,16,18,25-26,30,32,38,40,43-45,48-50H,3-11,13,15,17,19-24,27-29,31,33-37,39,41-42H2,1-2H3,(H,47,51)/b14-12-,18-16-,26-25+,32-30+,40-38+. The van der Waals surface area contributed by atoms with E-state index in [1.807, 2.05) is 6.08 Å². The molecular formula is C46H83NO4. The Morgan fingerprint density at radius 1 is 0.490 bits per heavy atom. The van der Waals surface area contributed by atoms with Crippen molar-refractivity contribution in [3.8, 4) is 0 Å². The Morgan fingerprint density at radius 3 is 1.35 bits per heavy atom. The molecule has 0 aliphatic heterocycles. The largest absolute Gasteiger partial charge is 0.394 e. The van der Waals surface area contributed by atoms with Gasteiger partial charge in [-0.2, -0.15) is 0 Å². The number of amides is 1. The van der Waals surface area contributed by atoms with Crippen molar-refractivity contribution in [2.75, 3.05) is 6.61 Å². The lowest BCUT2D eigenvalue weighted by molar-refractivity contribution is -0.131. The predicted molar refractivity (Wildman–Crippen MR) is 222 cm³/mol. The Balaban J connectivity index is 3.78. The number of carbonyl (C=O) groups excluding carboxylic acids is 1. The molecule has 3 unspecified atom stereocenters. The highest BCUT2D eigenvalue weighted by Gasteiger charge is 2.22. The Labute approximate surface area is 316 Å². The van der Waals surface area contributed by atoms with Crippen LogP contribution in [0.15, 0.2) is 60.8 Å². The number of hydrogen-bond acceptors (Lipinski definition) is 4. The van der Waals surface area contributed by atoms with Crippen LogP contribution in [0.1, 0.15) is 200 Å². The number of aliphatic hydroxyl groups excluding tert-OH is 3. The van der Waals surface area contributed by atoms with E-state index in [0.717, 1.165) is 70.6 Å². The second-order valence-corrected chi connectivity index (χ2v) is 14.6. The van der Waals surface area contributed by atoms with E-state index in [4.69, 9.17) is 0 Å². The quantitative estimate of drug-likeness (QED) is 0.0291. The Morgan fingerprint density at radius 2 is 0.863 bits per heavy atom. The van der Waals surface area contributed by atoms with Gasteiger partial charge in [-0.1, -0.05) is 190 Å². The maximum Gasteiger partial charge on any atom is 0.249 e. The molecule has 0 bridgehead atoms. The van der Waals surface area contributed by atoms with Crippen molar-refractivity contribution in [1.82, 2.24) is 5.32 Å². The number of hydrogen-bond donors (Lipinski definition) is 4. The zero-order chi connectivity index (χ0) is 37.3. The van der Waals surface area contributed by atoms with Crippen molar-refractivity contribution in [1.29, 1.82) is 0 Å². The van der Waals surface area contributed by atoms with Crippen LogP contribution < -0.4 is 5.32 Å². The average molecular weight is 714 g/mol. The molecule has 0 saturated carbocycles. The number of aliphatic hydroxyl groups is 3. The van der Waals surface area contributed by atoms with Gasteiger partial charge in [0.1, 0.15) is 6.10 Å². The zero-order valence-electron chi connectivity index (χ0n) is 33.5. The van der Waals surface area contributed by atoms with Gasteiger partial charge >= 0.3 is 0 Å². The molecule has 3 atom stereocenters. The molecule has 5 heteroatoms. The summed E-state index contributed by atoms with van der Waals surface area (Å²) in [6.45, 7) is 4.12. The van der Waals surface area contributed by atoms with E-state index < -0.39 is 24.2 Å². The second kappa shape index (κ2) is 40.8. The Hall–Kier alpha value is -1.95. The molecule has 0 fully saturated rings. The lowest BCUT2D eigenvalue weighted by Crippen LogP contribution is -2.48. The second-order valence-electron chi connectivity index (χ2n) is 14.6. The predicted octanol–water partition coefficient (Wildman–Crippen LogP) is 12.3. The van der Waals surface area contributed by atoms with E-state index in [-0.39, 0.29) is 6.61 Å². The summed E-state index contributed by atoms with van der Waals surface area (Å²) in [5.41, 5.74) is 0. The van der Waals surface area contributed by atoms with Crippen LogP contribution in [-0.4, -0.2) is 46.1 Å². The van der Waals surface area contributed by atoms with Crippen molar-refractivity contribution in [2.45, 2.75) is 218 Å². The van der Waals surface area contributed by atoms with Crippen LogP contribution in [0.5, 0.6) is 0 Å². The third-order valence-corrected chi connectivity index (χ3v) is 9.59. The highest BCUT2D eigenvalue weighted by Crippen LogP contribution is 2.14. The van der Waals surface area contributed by atoms with Gasteiger partial charge in [0.15, 0.2) is 0 Å². The first-order valence-corrected chi connectivity index (χ1v) is 21.6. The fraction of sp³-hybridized carbons (Fsp3) is 0.761. The number of unbranched alkanes of at least 4 members (excludes halogenated alkanes) is 23. The van der Waals surface area contributed by atoms with Crippen LogP contribution in [0.4, 0.5) is 0 Å². The molecule has 4 N–H and O–H groups in total. The van der Waals surface area contributed by atoms with Crippen molar-refractivity contribution in [2.24, 2.45) is 0 Å². The summed E-state index contributed by atoms with van der Waals surface area (Å²) >= 11 is 0. The zero-order valence-corrected chi connectivity index (χ0v) is 33.5. The van der Waals surface area contributed by atoms with Gasteiger partial charge in [0.25, 0.3) is 0 Å². The van der Waals surface area contributed by atoms with Gasteiger partial charge in [-0.25, -0.2) is 0 Å². The molecule has 0 aromatic carbocycles. The molecule has 51 heavy (non-hydrogen) atoms. The fourth-order valence-electron chi connectivity index (χ4n) is 6.15. The topological polar surface area (TPSA) is 89.8 Å². The summed E-state index contributed by atoms with van der Waals surface area (Å²) in [5.74, 6) is -0.532. The maximum absolute atomic E-state index is 12.4. The third kappa shape index (κ3) is 36.2. The molecule has 0 heterocycles. The monoisotopic (exact) mass is 714 g/mol. The number of rotatable bonds is 38. The minimum atomic E-state index is -1.12. The molecule has 0 spiro atoms. The van der Waals surface area contributed by atoms with E-state index in [1.54, 1.807) is 6.08 Å². The summed E-state index contributed by atoms with van der Waals surface area (Å²) in [7, 11) is 0. The van der Waals surface area contributed by atoms with Crippen LogP contribution >= 0.6 is 0 Å². The Kier molecular flexibility index (Phi) is 39.3. The van der Waals surface area contributed by atoms with Crippen molar-refractivity contribution >= 4 is 5.91 Å². The average Bonchev–Trinajstić information content (AvgIpc) is 3.13. The molecule has 0 aliphatic rings. The molecule has 0 saturated heterocycles. The van der Waals surface area contributed by atoms with Gasteiger partial charge < -0.3 is 20.6 Å². The van der Waals surface area contributed by atoms with Gasteiger partial charge in [-0.3, -0.25) is 4.79 Å². The van der Waals surface area contributed by atoms with Crippen LogP contribution in [0.25, 0.3) is 0 Å². The molecule has 1 amide bonds. The number of nitrogens with one attached hydrogen (secondary N) is 1. The van der Waals surface area contributed by atoms with E-state index in [2.05, 4.69) is 67.8 Å². The summed E-state index contributed by atoms with van der Waals surface area (Å²) in [4.78, 5) is 12.4. The van der Waals surface area contributed by atoms with Crippen molar-refractivity contribution in [3.05, 3.63) is 60.8 Å². The number of carbonyl (C=O) groups is 1. The van der Waals surface area contributed by atoms with Gasteiger partial charge in [-0.05, 0) is 70.6 Å². The highest BCUT2D eigenvalue weighted by atomic mass is 16.3. The van der Waals surface area contributed by atoms with Crippen LogP contribution in [-0.2, 0) is 4.79 Å². The highest BCUT2D eigenvalue weighted by molar-refractivity contribution is 5.80. The van der Waals surface area contributed by atoms with Crippen molar-refractivity contribution < 1.29 is 20.1 Å². The SMILES string of the molecule is CCCCC/C=C\C=C/CCCCCCCC(O)C(=O)NC(CO)C(O)/C=C/CC/C=C/CC/C=C/CCCCCCCCCCCCCCC. The van der Waals surface area contributed by atoms with E-state index in [9.17, 15) is 20.1 Å². The van der Waals surface area contributed by atoms with Gasteiger partial charge in [0.05, 0.1) is 18.8 Å². The molecular weight excluding hydrogens is 631 g/mol. The molecule has 0 radical (unpaired) electrons. The molecule has 296 valence electrons. The fourth-order valence-corrected chi connectivity index (χ4v) is 6.15.